The lowest BCUT2D eigenvalue weighted by atomic mass is 10.0. The van der Waals surface area contributed by atoms with Crippen LogP contribution in [0.3, 0.4) is 0 Å². The molecule has 1 heterocycles. The molecular formula is C18H17ClO2. The average molecular weight is 301 g/mol. The van der Waals surface area contributed by atoms with Gasteiger partial charge in [-0.25, -0.2) is 0 Å². The second kappa shape index (κ2) is 6.33. The van der Waals surface area contributed by atoms with Crippen molar-refractivity contribution in [2.75, 3.05) is 0 Å². The molecule has 3 aromatic rings. The fourth-order valence-corrected chi connectivity index (χ4v) is 2.72. The molecule has 0 spiro atoms. The Morgan fingerprint density at radius 3 is 2.62 bits per heavy atom. The van der Waals surface area contributed by atoms with Crippen molar-refractivity contribution < 1.29 is 9.52 Å². The van der Waals surface area contributed by atoms with Crippen molar-refractivity contribution in [2.24, 2.45) is 0 Å². The first kappa shape index (κ1) is 14.2. The number of aliphatic hydroxyl groups is 1. The summed E-state index contributed by atoms with van der Waals surface area (Å²) in [4.78, 5) is 0. The maximum Gasteiger partial charge on any atom is 0.152 e. The number of halogens is 1. The Kier molecular flexibility index (Phi) is 4.28. The summed E-state index contributed by atoms with van der Waals surface area (Å²) in [6.07, 6.45) is 1.96. The van der Waals surface area contributed by atoms with Crippen LogP contribution in [0.25, 0.3) is 11.0 Å². The van der Waals surface area contributed by atoms with E-state index in [1.165, 1.54) is 5.56 Å². The molecule has 108 valence electrons. The molecule has 1 aromatic heterocycles. The molecule has 0 fully saturated rings. The number of para-hydroxylation sites is 1. The quantitative estimate of drug-likeness (QED) is 0.707. The largest absolute Gasteiger partial charge is 0.457 e. The number of furan rings is 1. The van der Waals surface area contributed by atoms with E-state index in [0.717, 1.165) is 18.2 Å². The van der Waals surface area contributed by atoms with E-state index in [4.69, 9.17) is 16.0 Å². The molecule has 0 radical (unpaired) electrons. The maximum absolute atomic E-state index is 10.3. The van der Waals surface area contributed by atoms with Crippen molar-refractivity contribution in [2.45, 2.75) is 25.4 Å². The number of rotatable bonds is 5. The third-order valence-corrected chi connectivity index (χ3v) is 3.93. The van der Waals surface area contributed by atoms with Crippen molar-refractivity contribution in [3.63, 3.8) is 0 Å². The maximum atomic E-state index is 10.3. The lowest BCUT2D eigenvalue weighted by Crippen LogP contribution is -1.96. The van der Waals surface area contributed by atoms with Crippen molar-refractivity contribution in [3.8, 4) is 0 Å². The van der Waals surface area contributed by atoms with E-state index in [-0.39, 0.29) is 0 Å². The van der Waals surface area contributed by atoms with E-state index in [0.29, 0.717) is 22.8 Å². The van der Waals surface area contributed by atoms with Crippen molar-refractivity contribution in [3.05, 3.63) is 70.9 Å². The van der Waals surface area contributed by atoms with E-state index in [1.807, 2.05) is 36.4 Å². The van der Waals surface area contributed by atoms with Crippen LogP contribution in [0.1, 0.15) is 30.3 Å². The first-order chi connectivity index (χ1) is 10.2. The zero-order valence-electron chi connectivity index (χ0n) is 11.6. The molecule has 3 rings (SSSR count). The summed E-state index contributed by atoms with van der Waals surface area (Å²) >= 11 is 6.08. The second-order valence-electron chi connectivity index (χ2n) is 5.20. The smallest absolute Gasteiger partial charge is 0.152 e. The summed E-state index contributed by atoms with van der Waals surface area (Å²) in [5.41, 5.74) is 1.94. The van der Waals surface area contributed by atoms with Gasteiger partial charge in [-0.15, -0.1) is 0 Å². The molecule has 21 heavy (non-hydrogen) atoms. The molecule has 0 aliphatic carbocycles. The van der Waals surface area contributed by atoms with Crippen LogP contribution in [-0.2, 0) is 6.42 Å². The Balaban J connectivity index is 1.64. The highest BCUT2D eigenvalue weighted by Crippen LogP contribution is 2.30. The number of hydrogen-bond acceptors (Lipinski definition) is 2. The highest BCUT2D eigenvalue weighted by molar-refractivity contribution is 6.34. The van der Waals surface area contributed by atoms with Gasteiger partial charge in [0.15, 0.2) is 5.58 Å². The molecule has 0 amide bonds. The summed E-state index contributed by atoms with van der Waals surface area (Å²) in [5, 5.41) is 11.8. The minimum atomic E-state index is -0.586. The van der Waals surface area contributed by atoms with Gasteiger partial charge >= 0.3 is 0 Å². The van der Waals surface area contributed by atoms with Crippen molar-refractivity contribution >= 4 is 22.6 Å². The minimum absolute atomic E-state index is 0.579. The molecule has 1 N–H and O–H groups in total. The van der Waals surface area contributed by atoms with Crippen LogP contribution in [0.4, 0.5) is 0 Å². The van der Waals surface area contributed by atoms with Crippen LogP contribution >= 0.6 is 11.6 Å². The topological polar surface area (TPSA) is 33.4 Å². The van der Waals surface area contributed by atoms with Gasteiger partial charge in [0.2, 0.25) is 0 Å². The summed E-state index contributed by atoms with van der Waals surface area (Å²) < 4.78 is 5.68. The van der Waals surface area contributed by atoms with Crippen LogP contribution < -0.4 is 0 Å². The zero-order valence-corrected chi connectivity index (χ0v) is 12.4. The van der Waals surface area contributed by atoms with E-state index >= 15 is 0 Å². The van der Waals surface area contributed by atoms with Crippen LogP contribution in [0, 0.1) is 0 Å². The summed E-state index contributed by atoms with van der Waals surface area (Å²) in [6.45, 7) is 0. The van der Waals surface area contributed by atoms with Crippen molar-refractivity contribution in [1.29, 1.82) is 0 Å². The number of benzene rings is 2. The summed E-state index contributed by atoms with van der Waals surface area (Å²) in [6, 6.07) is 17.8. The molecule has 0 aliphatic heterocycles. The van der Waals surface area contributed by atoms with Crippen LogP contribution in [0.5, 0.6) is 0 Å². The number of aryl methyl sites for hydroxylation is 1. The molecule has 2 nitrogen and oxygen atoms in total. The molecule has 0 saturated heterocycles. The molecule has 3 heteroatoms. The van der Waals surface area contributed by atoms with E-state index in [9.17, 15) is 5.11 Å². The van der Waals surface area contributed by atoms with Gasteiger partial charge in [0, 0.05) is 5.39 Å². The van der Waals surface area contributed by atoms with Gasteiger partial charge in [-0.2, -0.15) is 0 Å². The highest BCUT2D eigenvalue weighted by atomic mass is 35.5. The molecule has 1 atom stereocenters. The predicted molar refractivity (Wildman–Crippen MR) is 85.6 cm³/mol. The van der Waals surface area contributed by atoms with Gasteiger partial charge in [-0.1, -0.05) is 54.1 Å². The third-order valence-electron chi connectivity index (χ3n) is 3.63. The van der Waals surface area contributed by atoms with E-state index in [1.54, 1.807) is 6.07 Å². The molecule has 0 bridgehead atoms. The van der Waals surface area contributed by atoms with Crippen molar-refractivity contribution in [1.82, 2.24) is 0 Å². The lowest BCUT2D eigenvalue weighted by Gasteiger charge is -2.07. The zero-order chi connectivity index (χ0) is 14.7. The Morgan fingerprint density at radius 1 is 1.05 bits per heavy atom. The monoisotopic (exact) mass is 300 g/mol. The first-order valence-corrected chi connectivity index (χ1v) is 7.52. The van der Waals surface area contributed by atoms with Crippen LogP contribution in [-0.4, -0.2) is 5.11 Å². The fraction of sp³-hybridized carbons (Fsp3) is 0.222. The number of hydrogen-bond donors (Lipinski definition) is 1. The van der Waals surface area contributed by atoms with E-state index in [2.05, 4.69) is 12.1 Å². The SMILES string of the molecule is OC(CCCc1ccccc1)c1cc2cccc(Cl)c2o1. The van der Waals surface area contributed by atoms with E-state index < -0.39 is 6.10 Å². The summed E-state index contributed by atoms with van der Waals surface area (Å²) in [5.74, 6) is 0.589. The minimum Gasteiger partial charge on any atom is -0.457 e. The number of fused-ring (bicyclic) bond motifs is 1. The summed E-state index contributed by atoms with van der Waals surface area (Å²) in [7, 11) is 0. The average Bonchev–Trinajstić information content (AvgIpc) is 2.94. The van der Waals surface area contributed by atoms with Gasteiger partial charge in [0.1, 0.15) is 11.9 Å². The van der Waals surface area contributed by atoms with Gasteiger partial charge in [0.05, 0.1) is 5.02 Å². The Hall–Kier alpha value is -1.77. The van der Waals surface area contributed by atoms with Gasteiger partial charge < -0.3 is 9.52 Å². The predicted octanol–water partition coefficient (Wildman–Crippen LogP) is 5.14. The Bertz CT molecular complexity index is 718. The fourth-order valence-electron chi connectivity index (χ4n) is 2.50. The molecule has 0 saturated carbocycles. The molecule has 2 aromatic carbocycles. The van der Waals surface area contributed by atoms with Gasteiger partial charge in [-0.3, -0.25) is 0 Å². The Labute approximate surface area is 129 Å². The molecule has 1 unspecified atom stereocenters. The normalized spacial score (nSPS) is 12.7. The third kappa shape index (κ3) is 3.29. The second-order valence-corrected chi connectivity index (χ2v) is 5.61. The highest BCUT2D eigenvalue weighted by Gasteiger charge is 2.14. The Morgan fingerprint density at radius 2 is 1.86 bits per heavy atom. The lowest BCUT2D eigenvalue weighted by molar-refractivity contribution is 0.140. The molecule has 0 aliphatic rings. The number of aliphatic hydroxyl groups excluding tert-OH is 1. The standard InChI is InChI=1S/C18H17ClO2/c19-15-10-5-9-14-12-17(21-18(14)15)16(20)11-4-8-13-6-2-1-3-7-13/h1-3,5-7,9-10,12,16,20H,4,8,11H2. The van der Waals surface area contributed by atoms with Gasteiger partial charge in [0.25, 0.3) is 0 Å². The van der Waals surface area contributed by atoms with Gasteiger partial charge in [-0.05, 0) is 37.0 Å². The van der Waals surface area contributed by atoms with Crippen LogP contribution in [0.15, 0.2) is 59.0 Å². The first-order valence-electron chi connectivity index (χ1n) is 7.14. The van der Waals surface area contributed by atoms with Crippen LogP contribution in [0.2, 0.25) is 5.02 Å². The molecular weight excluding hydrogens is 284 g/mol.